The summed E-state index contributed by atoms with van der Waals surface area (Å²) in [5.41, 5.74) is 9.16. The molecule has 0 spiro atoms. The molecule has 2 heteroatoms. The van der Waals surface area contributed by atoms with Crippen LogP contribution in [0.5, 0.6) is 5.75 Å². The van der Waals surface area contributed by atoms with E-state index in [1.165, 1.54) is 11.1 Å². The Bertz CT molecular complexity index is 488. The zero-order valence-electron chi connectivity index (χ0n) is 11.4. The van der Waals surface area contributed by atoms with Crippen LogP contribution in [0.25, 0.3) is 11.1 Å². The molecule has 2 aromatic rings. The highest BCUT2D eigenvalue weighted by atomic mass is 16.5. The van der Waals surface area contributed by atoms with Gasteiger partial charge in [0.2, 0.25) is 0 Å². The summed E-state index contributed by atoms with van der Waals surface area (Å²) in [6.45, 7) is 3.54. The molecule has 19 heavy (non-hydrogen) atoms. The van der Waals surface area contributed by atoms with Gasteiger partial charge in [0, 0.05) is 6.54 Å². The molecule has 0 saturated heterocycles. The molecular formula is C17H21NO. The number of nitrogens with two attached hydrogens (primary N) is 1. The smallest absolute Gasteiger partial charge is 0.119 e. The molecule has 2 rings (SSSR count). The average Bonchev–Trinajstić information content (AvgIpc) is 2.48. The van der Waals surface area contributed by atoms with Crippen molar-refractivity contribution in [2.45, 2.75) is 26.3 Å². The second-order valence-electron chi connectivity index (χ2n) is 4.63. The number of unbranched alkanes of at least 4 members (excludes halogenated alkanes) is 1. The van der Waals surface area contributed by atoms with Gasteiger partial charge in [0.05, 0.1) is 6.61 Å². The van der Waals surface area contributed by atoms with Crippen molar-refractivity contribution in [2.24, 2.45) is 5.73 Å². The highest BCUT2D eigenvalue weighted by Gasteiger charge is 1.99. The Hall–Kier alpha value is -1.80. The summed E-state index contributed by atoms with van der Waals surface area (Å²) >= 11 is 0. The lowest BCUT2D eigenvalue weighted by Crippen LogP contribution is -1.96. The normalized spacial score (nSPS) is 10.4. The van der Waals surface area contributed by atoms with Crippen LogP contribution >= 0.6 is 0 Å². The number of hydrogen-bond acceptors (Lipinski definition) is 2. The largest absolute Gasteiger partial charge is 0.494 e. The van der Waals surface area contributed by atoms with Gasteiger partial charge in [0.1, 0.15) is 5.75 Å². The molecule has 0 saturated carbocycles. The molecule has 2 nitrogen and oxygen atoms in total. The molecule has 0 aromatic heterocycles. The van der Waals surface area contributed by atoms with Crippen LogP contribution in [0, 0.1) is 0 Å². The predicted molar refractivity (Wildman–Crippen MR) is 80.2 cm³/mol. The van der Waals surface area contributed by atoms with Crippen LogP contribution in [0.15, 0.2) is 48.5 Å². The second kappa shape index (κ2) is 6.95. The zero-order valence-corrected chi connectivity index (χ0v) is 11.4. The highest BCUT2D eigenvalue weighted by Crippen LogP contribution is 2.22. The van der Waals surface area contributed by atoms with E-state index in [1.807, 2.05) is 12.1 Å². The first-order valence-electron chi connectivity index (χ1n) is 6.85. The highest BCUT2D eigenvalue weighted by molar-refractivity contribution is 5.64. The topological polar surface area (TPSA) is 35.2 Å². The van der Waals surface area contributed by atoms with Gasteiger partial charge in [-0.1, -0.05) is 49.7 Å². The van der Waals surface area contributed by atoms with Crippen LogP contribution in [0.4, 0.5) is 0 Å². The third kappa shape index (κ3) is 3.83. The summed E-state index contributed by atoms with van der Waals surface area (Å²) in [5.74, 6) is 0.941. The van der Waals surface area contributed by atoms with Gasteiger partial charge >= 0.3 is 0 Å². The Labute approximate surface area is 115 Å². The van der Waals surface area contributed by atoms with E-state index < -0.39 is 0 Å². The van der Waals surface area contributed by atoms with E-state index in [0.717, 1.165) is 30.8 Å². The van der Waals surface area contributed by atoms with Crippen molar-refractivity contribution in [3.63, 3.8) is 0 Å². The van der Waals surface area contributed by atoms with Gasteiger partial charge in [-0.2, -0.15) is 0 Å². The van der Waals surface area contributed by atoms with Crippen molar-refractivity contribution in [1.82, 2.24) is 0 Å². The van der Waals surface area contributed by atoms with E-state index in [-0.39, 0.29) is 0 Å². The first-order valence-corrected chi connectivity index (χ1v) is 6.85. The molecule has 0 atom stereocenters. The van der Waals surface area contributed by atoms with Gasteiger partial charge in [-0.15, -0.1) is 0 Å². The third-order valence-electron chi connectivity index (χ3n) is 3.14. The average molecular weight is 255 g/mol. The number of hydrogen-bond donors (Lipinski definition) is 1. The Kier molecular flexibility index (Phi) is 4.99. The van der Waals surface area contributed by atoms with Crippen LogP contribution < -0.4 is 10.5 Å². The molecule has 0 amide bonds. The Morgan fingerprint density at radius 2 is 1.47 bits per heavy atom. The summed E-state index contributed by atoms with van der Waals surface area (Å²) < 4.78 is 5.66. The number of rotatable bonds is 6. The SMILES string of the molecule is CCCCOc1ccc(-c2ccc(CN)cc2)cc1. The molecule has 0 aliphatic rings. The van der Waals surface area contributed by atoms with Gasteiger partial charge in [0.15, 0.2) is 0 Å². The van der Waals surface area contributed by atoms with Gasteiger partial charge in [0.25, 0.3) is 0 Å². The predicted octanol–water partition coefficient (Wildman–Crippen LogP) is 3.99. The van der Waals surface area contributed by atoms with Gasteiger partial charge in [-0.3, -0.25) is 0 Å². The van der Waals surface area contributed by atoms with Crippen molar-refractivity contribution in [3.8, 4) is 16.9 Å². The molecule has 0 aliphatic heterocycles. The van der Waals surface area contributed by atoms with E-state index in [1.54, 1.807) is 0 Å². The zero-order chi connectivity index (χ0) is 13.5. The van der Waals surface area contributed by atoms with Gasteiger partial charge in [-0.05, 0) is 35.2 Å². The standard InChI is InChI=1S/C17H21NO/c1-2-3-12-19-17-10-8-16(9-11-17)15-6-4-14(13-18)5-7-15/h4-11H,2-3,12-13,18H2,1H3. The fourth-order valence-corrected chi connectivity index (χ4v) is 1.91. The lowest BCUT2D eigenvalue weighted by Gasteiger charge is -2.07. The Morgan fingerprint density at radius 3 is 2.00 bits per heavy atom. The summed E-state index contributed by atoms with van der Waals surface area (Å²) in [7, 11) is 0. The fraction of sp³-hybridized carbons (Fsp3) is 0.294. The quantitative estimate of drug-likeness (QED) is 0.792. The monoisotopic (exact) mass is 255 g/mol. The molecule has 0 radical (unpaired) electrons. The van der Waals surface area contributed by atoms with E-state index >= 15 is 0 Å². The van der Waals surface area contributed by atoms with E-state index in [9.17, 15) is 0 Å². The van der Waals surface area contributed by atoms with Crippen LogP contribution in [-0.4, -0.2) is 6.61 Å². The van der Waals surface area contributed by atoms with E-state index in [4.69, 9.17) is 10.5 Å². The molecule has 0 aliphatic carbocycles. The first-order chi connectivity index (χ1) is 9.33. The van der Waals surface area contributed by atoms with Crippen molar-refractivity contribution in [1.29, 1.82) is 0 Å². The first kappa shape index (κ1) is 13.6. The van der Waals surface area contributed by atoms with Crippen molar-refractivity contribution in [3.05, 3.63) is 54.1 Å². The van der Waals surface area contributed by atoms with E-state index in [0.29, 0.717) is 6.54 Å². The van der Waals surface area contributed by atoms with E-state index in [2.05, 4.69) is 43.3 Å². The molecule has 100 valence electrons. The summed E-state index contributed by atoms with van der Waals surface area (Å²) in [4.78, 5) is 0. The fourth-order valence-electron chi connectivity index (χ4n) is 1.91. The summed E-state index contributed by atoms with van der Waals surface area (Å²) in [5, 5.41) is 0. The minimum absolute atomic E-state index is 0.588. The van der Waals surface area contributed by atoms with Crippen LogP contribution in [-0.2, 0) is 6.54 Å². The summed E-state index contributed by atoms with van der Waals surface area (Å²) in [6.07, 6.45) is 2.26. The van der Waals surface area contributed by atoms with Crippen molar-refractivity contribution < 1.29 is 4.74 Å². The number of ether oxygens (including phenoxy) is 1. The summed E-state index contributed by atoms with van der Waals surface area (Å²) in [6, 6.07) is 16.6. The van der Waals surface area contributed by atoms with Crippen molar-refractivity contribution in [2.75, 3.05) is 6.61 Å². The molecule has 0 bridgehead atoms. The maximum Gasteiger partial charge on any atom is 0.119 e. The minimum Gasteiger partial charge on any atom is -0.494 e. The molecular weight excluding hydrogens is 234 g/mol. The molecule has 0 fully saturated rings. The molecule has 0 heterocycles. The Morgan fingerprint density at radius 1 is 0.895 bits per heavy atom. The van der Waals surface area contributed by atoms with Crippen LogP contribution in [0.2, 0.25) is 0 Å². The van der Waals surface area contributed by atoms with Gasteiger partial charge < -0.3 is 10.5 Å². The third-order valence-corrected chi connectivity index (χ3v) is 3.14. The maximum atomic E-state index is 5.66. The lowest BCUT2D eigenvalue weighted by molar-refractivity contribution is 0.309. The molecule has 2 aromatic carbocycles. The van der Waals surface area contributed by atoms with Crippen molar-refractivity contribution >= 4 is 0 Å². The lowest BCUT2D eigenvalue weighted by atomic mass is 10.0. The van der Waals surface area contributed by atoms with Crippen LogP contribution in [0.1, 0.15) is 25.3 Å². The minimum atomic E-state index is 0.588. The molecule has 0 unspecified atom stereocenters. The number of benzene rings is 2. The van der Waals surface area contributed by atoms with Crippen LogP contribution in [0.3, 0.4) is 0 Å². The second-order valence-corrected chi connectivity index (χ2v) is 4.63. The Balaban J connectivity index is 2.04. The molecule has 2 N–H and O–H groups in total. The maximum absolute atomic E-state index is 5.66. The van der Waals surface area contributed by atoms with Gasteiger partial charge in [-0.25, -0.2) is 0 Å².